The fraction of sp³-hybridized carbons (Fsp3) is 0. The maximum atomic E-state index is 11.6. The Morgan fingerprint density at radius 1 is 1.00 bits per heavy atom. The minimum absolute atomic E-state index is 0. The van der Waals surface area contributed by atoms with E-state index in [9.17, 15) is 41.2 Å². The number of azo groups is 1. The van der Waals surface area contributed by atoms with E-state index in [1.54, 1.807) is 0 Å². The molecule has 0 heterocycles. The molecule has 0 aliphatic carbocycles. The molecule has 0 unspecified atom stereocenters. The molecule has 0 fully saturated rings. The number of nitrogens with zero attached hydrogens (tertiary/aromatic N) is 3. The summed E-state index contributed by atoms with van der Waals surface area (Å²) in [5.74, 6) is -0.660. The molecule has 0 aromatic heterocycles. The monoisotopic (exact) mass is 507 g/mol. The summed E-state index contributed by atoms with van der Waals surface area (Å²) in [5, 5.41) is 28.5. The van der Waals surface area contributed by atoms with E-state index in [4.69, 9.17) is 5.73 Å². The summed E-state index contributed by atoms with van der Waals surface area (Å²) in [6, 6.07) is 6.69. The van der Waals surface area contributed by atoms with Gasteiger partial charge in [0, 0.05) is 12.1 Å². The van der Waals surface area contributed by atoms with Crippen molar-refractivity contribution in [2.45, 2.75) is 9.79 Å². The third kappa shape index (κ3) is 6.01. The number of nitrogen functional groups attached to an aromatic ring is 1. The molecule has 0 aliphatic heterocycles. The molecule has 0 amide bonds. The van der Waals surface area contributed by atoms with Gasteiger partial charge in [-0.15, -0.1) is 10.2 Å². The van der Waals surface area contributed by atoms with E-state index in [0.29, 0.717) is 12.1 Å². The van der Waals surface area contributed by atoms with Gasteiger partial charge in [-0.25, -0.2) is 8.42 Å². The van der Waals surface area contributed by atoms with Crippen LogP contribution in [0.1, 0.15) is 0 Å². The molecule has 0 atom stereocenters. The first-order chi connectivity index (χ1) is 14.3. The Hall–Kier alpha value is -2.70. The number of aromatic hydroxyl groups is 1. The smallest absolute Gasteiger partial charge is 0.744 e. The molecule has 33 heavy (non-hydrogen) atoms. The molecule has 0 spiro atoms. The third-order valence-corrected chi connectivity index (χ3v) is 5.75. The molecule has 0 aliphatic rings. The zero-order valence-electron chi connectivity index (χ0n) is 16.7. The van der Waals surface area contributed by atoms with Crippen LogP contribution in [0, 0.1) is 10.1 Å². The number of fused-ring (bicyclic) bond motifs is 1. The van der Waals surface area contributed by atoms with Crippen molar-refractivity contribution in [1.82, 2.24) is 6.15 Å². The average molecular weight is 507 g/mol. The van der Waals surface area contributed by atoms with E-state index < -0.39 is 52.1 Å². The largest absolute Gasteiger partial charge is 1.00 e. The number of non-ortho nitro benzene ring substituents is 1. The van der Waals surface area contributed by atoms with Crippen molar-refractivity contribution < 1.29 is 65.5 Å². The van der Waals surface area contributed by atoms with Gasteiger partial charge < -0.3 is 21.5 Å². The molecule has 3 aromatic carbocycles. The second-order valence-corrected chi connectivity index (χ2v) is 8.85. The molecule has 7 N–H and O–H groups in total. The van der Waals surface area contributed by atoms with Crippen LogP contribution in [0.5, 0.6) is 5.75 Å². The summed E-state index contributed by atoms with van der Waals surface area (Å²) in [7, 11) is -9.79. The first-order valence-electron chi connectivity index (χ1n) is 7.98. The number of phenols is 1. The van der Waals surface area contributed by atoms with Crippen LogP contribution in [-0.2, 0) is 20.2 Å². The molecule has 170 valence electrons. The van der Waals surface area contributed by atoms with Crippen molar-refractivity contribution in [3.63, 3.8) is 0 Å². The van der Waals surface area contributed by atoms with Crippen molar-refractivity contribution in [2.24, 2.45) is 10.2 Å². The van der Waals surface area contributed by atoms with Gasteiger partial charge in [0.15, 0.2) is 0 Å². The SMILES string of the molecule is N.Nc1ccc2cc(S(=O)(=O)[O-])cc(O)c2c1N=Nc1ccc([N+](=O)[O-])cc1S(=O)(=O)O.[Na+]. The van der Waals surface area contributed by atoms with Crippen molar-refractivity contribution >= 4 is 53.8 Å². The maximum absolute atomic E-state index is 11.6. The summed E-state index contributed by atoms with van der Waals surface area (Å²) in [5.41, 5.74) is 4.47. The van der Waals surface area contributed by atoms with E-state index in [2.05, 4.69) is 10.2 Å². The number of nitro benzene ring substituents is 1. The van der Waals surface area contributed by atoms with Gasteiger partial charge in [0.25, 0.3) is 15.8 Å². The van der Waals surface area contributed by atoms with Crippen LogP contribution in [0.2, 0.25) is 0 Å². The van der Waals surface area contributed by atoms with Crippen LogP contribution in [0.4, 0.5) is 22.7 Å². The predicted octanol–water partition coefficient (Wildman–Crippen LogP) is -0.232. The van der Waals surface area contributed by atoms with E-state index in [0.717, 1.165) is 18.2 Å². The number of anilines is 1. The van der Waals surface area contributed by atoms with E-state index in [1.165, 1.54) is 12.1 Å². The normalized spacial score (nSPS) is 11.7. The maximum Gasteiger partial charge on any atom is 1.00 e. The Bertz CT molecular complexity index is 1490. The Labute approximate surface area is 208 Å². The van der Waals surface area contributed by atoms with Gasteiger partial charge in [-0.3, -0.25) is 14.7 Å². The van der Waals surface area contributed by atoms with E-state index in [-0.39, 0.29) is 57.9 Å². The fourth-order valence-electron chi connectivity index (χ4n) is 2.68. The van der Waals surface area contributed by atoms with Crippen LogP contribution in [0.15, 0.2) is 62.5 Å². The summed E-state index contributed by atoms with van der Waals surface area (Å²) in [6.07, 6.45) is 0. The van der Waals surface area contributed by atoms with Crippen molar-refractivity contribution in [3.8, 4) is 5.75 Å². The number of phenolic OH excluding ortho intramolecular Hbond substituents is 1. The van der Waals surface area contributed by atoms with E-state index in [1.807, 2.05) is 0 Å². The summed E-state index contributed by atoms with van der Waals surface area (Å²) in [4.78, 5) is 8.39. The van der Waals surface area contributed by atoms with Gasteiger partial charge in [0.2, 0.25) is 0 Å². The van der Waals surface area contributed by atoms with Crippen LogP contribution < -0.4 is 41.4 Å². The fourth-order valence-corrected chi connectivity index (χ4v) is 3.85. The first kappa shape index (κ1) is 28.3. The Kier molecular flexibility index (Phi) is 8.64. The number of hydrogen-bond donors (Lipinski definition) is 4. The van der Waals surface area contributed by atoms with Crippen LogP contribution in [0.3, 0.4) is 0 Å². The quantitative estimate of drug-likeness (QED) is 0.0874. The minimum atomic E-state index is -4.92. The van der Waals surface area contributed by atoms with Gasteiger partial charge in [0.1, 0.15) is 32.1 Å². The van der Waals surface area contributed by atoms with E-state index >= 15 is 0 Å². The van der Waals surface area contributed by atoms with Crippen LogP contribution in [0.25, 0.3) is 10.8 Å². The number of nitrogens with two attached hydrogens (primary N) is 1. The zero-order chi connectivity index (χ0) is 23.1. The Morgan fingerprint density at radius 3 is 2.18 bits per heavy atom. The van der Waals surface area contributed by atoms with Crippen LogP contribution >= 0.6 is 0 Å². The van der Waals surface area contributed by atoms with Gasteiger partial charge >= 0.3 is 29.6 Å². The van der Waals surface area contributed by atoms with Gasteiger partial charge in [-0.2, -0.15) is 8.42 Å². The first-order valence-corrected chi connectivity index (χ1v) is 10.8. The molecule has 14 nitrogen and oxygen atoms in total. The molecule has 3 aromatic rings. The molecule has 0 saturated carbocycles. The van der Waals surface area contributed by atoms with Crippen molar-refractivity contribution in [1.29, 1.82) is 0 Å². The minimum Gasteiger partial charge on any atom is -0.744 e. The molecule has 0 saturated heterocycles. The number of hydrogen-bond acceptors (Lipinski definition) is 12. The third-order valence-electron chi connectivity index (χ3n) is 4.05. The Balaban J connectivity index is 0.00000272. The average Bonchev–Trinajstić information content (AvgIpc) is 2.65. The summed E-state index contributed by atoms with van der Waals surface area (Å²) >= 11 is 0. The molecule has 3 rings (SSSR count). The van der Waals surface area contributed by atoms with Crippen molar-refractivity contribution in [3.05, 3.63) is 52.6 Å². The molecular formula is C16H14N5NaO9S2. The summed E-state index contributed by atoms with van der Waals surface area (Å²) < 4.78 is 66.2. The Morgan fingerprint density at radius 2 is 1.64 bits per heavy atom. The molecule has 17 heteroatoms. The van der Waals surface area contributed by atoms with Gasteiger partial charge in [-0.1, -0.05) is 6.07 Å². The number of nitro groups is 1. The second-order valence-electron chi connectivity index (χ2n) is 6.08. The second kappa shape index (κ2) is 10.1. The van der Waals surface area contributed by atoms with Crippen molar-refractivity contribution in [2.75, 3.05) is 5.73 Å². The predicted molar refractivity (Wildman–Crippen MR) is 110 cm³/mol. The molecule has 0 bridgehead atoms. The standard InChI is InChI=1S/C16H12N4O9S2.H3N.Na/c17-11-3-1-8-5-10(30(24,25)26)7-13(21)15(8)16(11)19-18-12-4-2-9(20(22)23)6-14(12)31(27,28)29;;/h1-7,21H,17H2,(H,24,25,26)(H,27,28,29);1H3;/q;;+1/p-1. The van der Waals surface area contributed by atoms with Gasteiger partial charge in [-0.05, 0) is 29.7 Å². The topological polar surface area (TPSA) is 261 Å². The van der Waals surface area contributed by atoms with Crippen LogP contribution in [-0.4, -0.2) is 36.0 Å². The van der Waals surface area contributed by atoms with Gasteiger partial charge in [0.05, 0.1) is 20.9 Å². The summed E-state index contributed by atoms with van der Waals surface area (Å²) in [6.45, 7) is 0. The zero-order valence-corrected chi connectivity index (χ0v) is 20.4. The molecule has 0 radical (unpaired) electrons. The molecular weight excluding hydrogens is 493 g/mol. The number of benzene rings is 3. The number of rotatable bonds is 5.